The maximum atomic E-state index is 11.7. The Bertz CT molecular complexity index is 322. The summed E-state index contributed by atoms with van der Waals surface area (Å²) in [5.41, 5.74) is 0. The van der Waals surface area contributed by atoms with E-state index < -0.39 is 5.97 Å². The van der Waals surface area contributed by atoms with Gasteiger partial charge in [-0.05, 0) is 32.6 Å². The molecule has 0 aromatic rings. The normalized spacial score (nSPS) is 23.9. The first-order valence-corrected chi connectivity index (χ1v) is 7.39. The Morgan fingerprint density at radius 1 is 1.35 bits per heavy atom. The molecule has 2 amide bonds. The Morgan fingerprint density at radius 3 is 2.70 bits per heavy atom. The van der Waals surface area contributed by atoms with Gasteiger partial charge in [-0.25, -0.2) is 4.79 Å². The lowest BCUT2D eigenvalue weighted by molar-refractivity contribution is -0.144. The number of hydrogen-bond donors (Lipinski definition) is 3. The predicted octanol–water partition coefficient (Wildman–Crippen LogP) is 1.60. The van der Waals surface area contributed by atoms with E-state index in [0.717, 1.165) is 19.3 Å². The number of rotatable bonds is 7. The van der Waals surface area contributed by atoms with Crippen LogP contribution in [0.3, 0.4) is 0 Å². The van der Waals surface area contributed by atoms with Crippen molar-refractivity contribution in [2.75, 3.05) is 19.8 Å². The first-order chi connectivity index (χ1) is 9.54. The van der Waals surface area contributed by atoms with E-state index in [0.29, 0.717) is 26.2 Å². The zero-order valence-electron chi connectivity index (χ0n) is 12.4. The first kappa shape index (κ1) is 16.8. The van der Waals surface area contributed by atoms with E-state index in [1.807, 2.05) is 13.8 Å². The van der Waals surface area contributed by atoms with Crippen molar-refractivity contribution in [3.05, 3.63) is 0 Å². The van der Waals surface area contributed by atoms with E-state index in [-0.39, 0.29) is 23.9 Å². The lowest BCUT2D eigenvalue weighted by Gasteiger charge is -2.28. The van der Waals surface area contributed by atoms with Crippen LogP contribution in [0.2, 0.25) is 0 Å². The van der Waals surface area contributed by atoms with Gasteiger partial charge in [0, 0.05) is 13.2 Å². The minimum atomic E-state index is -0.748. The lowest BCUT2D eigenvalue weighted by Crippen LogP contribution is -2.45. The molecule has 6 nitrogen and oxygen atoms in total. The van der Waals surface area contributed by atoms with Gasteiger partial charge in [-0.2, -0.15) is 0 Å². The molecule has 1 aliphatic carbocycles. The number of carboxylic acid groups (broad SMARTS) is 1. The number of carboxylic acids is 1. The molecule has 0 aromatic heterocycles. The molecule has 0 heterocycles. The van der Waals surface area contributed by atoms with Gasteiger partial charge in [-0.1, -0.05) is 12.8 Å². The quantitative estimate of drug-likeness (QED) is 0.663. The van der Waals surface area contributed by atoms with E-state index in [9.17, 15) is 14.7 Å². The maximum absolute atomic E-state index is 11.7. The Morgan fingerprint density at radius 2 is 2.05 bits per heavy atom. The molecule has 0 saturated heterocycles. The Balaban J connectivity index is 2.30. The predicted molar refractivity (Wildman–Crippen MR) is 75.6 cm³/mol. The number of carbonyl (C=O) groups excluding carboxylic acids is 1. The molecule has 1 saturated carbocycles. The van der Waals surface area contributed by atoms with Crippen molar-refractivity contribution in [1.82, 2.24) is 10.6 Å². The molecule has 3 unspecified atom stereocenters. The van der Waals surface area contributed by atoms with Crippen molar-refractivity contribution < 1.29 is 19.4 Å². The molecule has 3 N–H and O–H groups in total. The molecule has 3 atom stereocenters. The highest BCUT2D eigenvalue weighted by Gasteiger charge is 2.30. The second-order valence-electron chi connectivity index (χ2n) is 5.40. The summed E-state index contributed by atoms with van der Waals surface area (Å²) in [6.45, 7) is 5.29. The first-order valence-electron chi connectivity index (χ1n) is 7.39. The van der Waals surface area contributed by atoms with E-state index in [2.05, 4.69) is 10.6 Å². The summed E-state index contributed by atoms with van der Waals surface area (Å²) in [5.74, 6) is -1.04. The molecule has 6 heteroatoms. The third-order valence-corrected chi connectivity index (χ3v) is 3.70. The van der Waals surface area contributed by atoms with Gasteiger partial charge in [0.05, 0.1) is 18.6 Å². The third kappa shape index (κ3) is 5.77. The molecule has 0 aromatic carbocycles. The highest BCUT2D eigenvalue weighted by molar-refractivity contribution is 5.74. The maximum Gasteiger partial charge on any atom is 0.315 e. The van der Waals surface area contributed by atoms with Gasteiger partial charge in [0.15, 0.2) is 0 Å². The third-order valence-electron chi connectivity index (χ3n) is 3.70. The van der Waals surface area contributed by atoms with Crippen LogP contribution in [-0.4, -0.2) is 42.9 Å². The van der Waals surface area contributed by atoms with Crippen molar-refractivity contribution >= 4 is 12.0 Å². The summed E-state index contributed by atoms with van der Waals surface area (Å²) in [6.07, 6.45) is 3.58. The van der Waals surface area contributed by atoms with Crippen molar-refractivity contribution in [3.63, 3.8) is 0 Å². The molecular formula is C14H26N2O4. The van der Waals surface area contributed by atoms with Gasteiger partial charge in [-0.3, -0.25) is 4.79 Å². The fraction of sp³-hybridized carbons (Fsp3) is 0.857. The number of ether oxygens (including phenoxy) is 1. The zero-order valence-corrected chi connectivity index (χ0v) is 12.4. The second-order valence-corrected chi connectivity index (χ2v) is 5.40. The molecule has 20 heavy (non-hydrogen) atoms. The highest BCUT2D eigenvalue weighted by atomic mass is 16.5. The van der Waals surface area contributed by atoms with Gasteiger partial charge in [0.2, 0.25) is 0 Å². The van der Waals surface area contributed by atoms with E-state index in [1.165, 1.54) is 0 Å². The molecule has 116 valence electrons. The Labute approximate surface area is 120 Å². The summed E-state index contributed by atoms with van der Waals surface area (Å²) in [4.78, 5) is 22.9. The summed E-state index contributed by atoms with van der Waals surface area (Å²) in [7, 11) is 0. The van der Waals surface area contributed by atoms with Crippen LogP contribution in [0.25, 0.3) is 0 Å². The van der Waals surface area contributed by atoms with Gasteiger partial charge in [-0.15, -0.1) is 0 Å². The van der Waals surface area contributed by atoms with Gasteiger partial charge in [0.25, 0.3) is 0 Å². The Hall–Kier alpha value is -1.30. The molecule has 1 aliphatic rings. The standard InChI is InChI=1S/C14H26N2O4/c1-3-20-9-10(2)16-14(19)15-8-11-6-4-5-7-12(11)13(17)18/h10-12H,3-9H2,1-2H3,(H,17,18)(H2,15,16,19). The summed E-state index contributed by atoms with van der Waals surface area (Å²) < 4.78 is 5.22. The number of urea groups is 1. The molecule has 0 bridgehead atoms. The minimum Gasteiger partial charge on any atom is -0.481 e. The number of amides is 2. The highest BCUT2D eigenvalue weighted by Crippen LogP contribution is 2.29. The number of nitrogens with one attached hydrogen (secondary N) is 2. The van der Waals surface area contributed by atoms with Crippen molar-refractivity contribution in [3.8, 4) is 0 Å². The van der Waals surface area contributed by atoms with Crippen molar-refractivity contribution in [1.29, 1.82) is 0 Å². The summed E-state index contributed by atoms with van der Waals surface area (Å²) in [5, 5.41) is 14.7. The van der Waals surface area contributed by atoms with Crippen LogP contribution in [-0.2, 0) is 9.53 Å². The van der Waals surface area contributed by atoms with Crippen LogP contribution < -0.4 is 10.6 Å². The zero-order chi connectivity index (χ0) is 15.0. The van der Waals surface area contributed by atoms with Gasteiger partial charge >= 0.3 is 12.0 Å². The van der Waals surface area contributed by atoms with Crippen LogP contribution in [0, 0.1) is 11.8 Å². The molecule has 0 radical (unpaired) electrons. The second kappa shape index (κ2) is 8.79. The van der Waals surface area contributed by atoms with Crippen LogP contribution in [0.1, 0.15) is 39.5 Å². The van der Waals surface area contributed by atoms with Gasteiger partial charge in [0.1, 0.15) is 0 Å². The summed E-state index contributed by atoms with van der Waals surface area (Å²) >= 11 is 0. The van der Waals surface area contributed by atoms with Gasteiger partial charge < -0.3 is 20.5 Å². The fourth-order valence-corrected chi connectivity index (χ4v) is 2.61. The van der Waals surface area contributed by atoms with Crippen LogP contribution >= 0.6 is 0 Å². The average molecular weight is 286 g/mol. The largest absolute Gasteiger partial charge is 0.481 e. The van der Waals surface area contributed by atoms with E-state index >= 15 is 0 Å². The Kier molecular flexibility index (Phi) is 7.36. The van der Waals surface area contributed by atoms with Crippen molar-refractivity contribution in [2.24, 2.45) is 11.8 Å². The number of aliphatic carboxylic acids is 1. The minimum absolute atomic E-state index is 0.0363. The summed E-state index contributed by atoms with van der Waals surface area (Å²) in [6, 6.07) is -0.316. The molecular weight excluding hydrogens is 260 g/mol. The monoisotopic (exact) mass is 286 g/mol. The number of carbonyl (C=O) groups is 2. The van der Waals surface area contributed by atoms with Crippen LogP contribution in [0.15, 0.2) is 0 Å². The smallest absolute Gasteiger partial charge is 0.315 e. The fourth-order valence-electron chi connectivity index (χ4n) is 2.61. The SMILES string of the molecule is CCOCC(C)NC(=O)NCC1CCCCC1C(=O)O. The average Bonchev–Trinajstić information content (AvgIpc) is 2.43. The van der Waals surface area contributed by atoms with Crippen LogP contribution in [0.5, 0.6) is 0 Å². The molecule has 1 rings (SSSR count). The van der Waals surface area contributed by atoms with E-state index in [1.54, 1.807) is 0 Å². The molecule has 0 aliphatic heterocycles. The van der Waals surface area contributed by atoms with Crippen molar-refractivity contribution in [2.45, 2.75) is 45.6 Å². The number of hydrogen-bond acceptors (Lipinski definition) is 3. The molecule has 0 spiro atoms. The van der Waals surface area contributed by atoms with E-state index in [4.69, 9.17) is 4.74 Å². The van der Waals surface area contributed by atoms with Crippen LogP contribution in [0.4, 0.5) is 4.79 Å². The topological polar surface area (TPSA) is 87.7 Å². The molecule has 1 fully saturated rings. The lowest BCUT2D eigenvalue weighted by atomic mass is 9.79.